The van der Waals surface area contributed by atoms with Crippen molar-refractivity contribution in [3.8, 4) is 11.3 Å². The molecule has 0 radical (unpaired) electrons. The van der Waals surface area contributed by atoms with Crippen molar-refractivity contribution in [3.05, 3.63) is 42.1 Å². The molecule has 0 spiro atoms. The van der Waals surface area contributed by atoms with Crippen molar-refractivity contribution in [1.29, 1.82) is 0 Å². The number of halogens is 1. The second-order valence-electron chi connectivity index (χ2n) is 5.42. The van der Waals surface area contributed by atoms with Crippen LogP contribution >= 0.6 is 0 Å². The first-order valence-electron chi connectivity index (χ1n) is 6.86. The lowest BCUT2D eigenvalue weighted by Crippen LogP contribution is -2.35. The van der Waals surface area contributed by atoms with Gasteiger partial charge in [0.25, 0.3) is 0 Å². The number of benzene rings is 1. The summed E-state index contributed by atoms with van der Waals surface area (Å²) in [6.07, 6.45) is 4.03. The minimum absolute atomic E-state index is 0.218. The normalized spacial score (nSPS) is 28.2. The van der Waals surface area contributed by atoms with Crippen LogP contribution in [0.1, 0.15) is 24.4 Å². The van der Waals surface area contributed by atoms with Crippen LogP contribution in [0.4, 0.5) is 4.39 Å². The molecule has 4 nitrogen and oxygen atoms in total. The van der Waals surface area contributed by atoms with Gasteiger partial charge in [-0.1, -0.05) is 12.1 Å². The Hall–Kier alpha value is -1.72. The van der Waals surface area contributed by atoms with Crippen molar-refractivity contribution < 1.29 is 14.2 Å². The molecular formula is C15H15FN2O2. The zero-order chi connectivity index (χ0) is 13.7. The third-order valence-electron chi connectivity index (χ3n) is 4.23. The molecule has 3 atom stereocenters. The van der Waals surface area contributed by atoms with Gasteiger partial charge in [-0.3, -0.25) is 0 Å². The fraction of sp³-hybridized carbons (Fsp3) is 0.400. The van der Waals surface area contributed by atoms with Gasteiger partial charge in [-0.15, -0.1) is 0 Å². The standard InChI is InChI=1S/C15H15FN2O2/c16-11-3-1-2-10-12-7-17-8-18(12)15(14(10)11)13-6-9(19)4-5-20-13/h1-3,7-9,13,15,19H,4-6H2/t9?,13?,15-/m1/s1. The lowest BCUT2D eigenvalue weighted by molar-refractivity contribution is -0.0584. The Labute approximate surface area is 115 Å². The fourth-order valence-corrected chi connectivity index (χ4v) is 3.33. The van der Waals surface area contributed by atoms with E-state index in [2.05, 4.69) is 4.98 Å². The largest absolute Gasteiger partial charge is 0.393 e. The lowest BCUT2D eigenvalue weighted by atomic mass is 9.93. The molecule has 1 aromatic carbocycles. The molecule has 4 rings (SSSR count). The number of ether oxygens (including phenoxy) is 1. The maximum Gasteiger partial charge on any atom is 0.129 e. The predicted octanol–water partition coefficient (Wildman–Crippen LogP) is 2.13. The highest BCUT2D eigenvalue weighted by molar-refractivity contribution is 5.69. The summed E-state index contributed by atoms with van der Waals surface area (Å²) < 4.78 is 22.0. The fourth-order valence-electron chi connectivity index (χ4n) is 3.33. The van der Waals surface area contributed by atoms with Gasteiger partial charge in [0.2, 0.25) is 0 Å². The van der Waals surface area contributed by atoms with Crippen molar-refractivity contribution in [2.45, 2.75) is 31.1 Å². The summed E-state index contributed by atoms with van der Waals surface area (Å²) in [6.45, 7) is 0.510. The van der Waals surface area contributed by atoms with Crippen molar-refractivity contribution in [2.75, 3.05) is 6.61 Å². The smallest absolute Gasteiger partial charge is 0.129 e. The van der Waals surface area contributed by atoms with E-state index in [9.17, 15) is 9.50 Å². The first-order valence-corrected chi connectivity index (χ1v) is 6.86. The molecular weight excluding hydrogens is 259 g/mol. The summed E-state index contributed by atoms with van der Waals surface area (Å²) in [5.41, 5.74) is 2.44. The van der Waals surface area contributed by atoms with E-state index in [0.29, 0.717) is 25.0 Å². The van der Waals surface area contributed by atoms with Gasteiger partial charge < -0.3 is 14.4 Å². The van der Waals surface area contributed by atoms with E-state index < -0.39 is 0 Å². The monoisotopic (exact) mass is 274 g/mol. The lowest BCUT2D eigenvalue weighted by Gasteiger charge is -2.32. The van der Waals surface area contributed by atoms with Gasteiger partial charge in [-0.25, -0.2) is 9.37 Å². The predicted molar refractivity (Wildman–Crippen MR) is 70.7 cm³/mol. The van der Waals surface area contributed by atoms with E-state index >= 15 is 0 Å². The van der Waals surface area contributed by atoms with Crippen LogP contribution in [0.25, 0.3) is 11.3 Å². The van der Waals surface area contributed by atoms with E-state index in [-0.39, 0.29) is 24.1 Å². The van der Waals surface area contributed by atoms with Gasteiger partial charge in [0.05, 0.1) is 36.5 Å². The van der Waals surface area contributed by atoms with Crippen molar-refractivity contribution in [2.24, 2.45) is 0 Å². The zero-order valence-corrected chi connectivity index (χ0v) is 10.9. The molecule has 0 bridgehead atoms. The summed E-state index contributed by atoms with van der Waals surface area (Å²) >= 11 is 0. The molecule has 0 saturated carbocycles. The molecule has 1 aromatic heterocycles. The molecule has 0 aliphatic carbocycles. The van der Waals surface area contributed by atoms with Gasteiger partial charge >= 0.3 is 0 Å². The summed E-state index contributed by atoms with van der Waals surface area (Å²) in [5, 5.41) is 9.86. The number of fused-ring (bicyclic) bond motifs is 3. The Morgan fingerprint density at radius 2 is 2.30 bits per heavy atom. The molecule has 2 aliphatic heterocycles. The van der Waals surface area contributed by atoms with Crippen molar-refractivity contribution in [3.63, 3.8) is 0 Å². The number of hydrogen-bond acceptors (Lipinski definition) is 3. The quantitative estimate of drug-likeness (QED) is 0.866. The third-order valence-corrected chi connectivity index (χ3v) is 4.23. The van der Waals surface area contributed by atoms with Crippen LogP contribution in [-0.2, 0) is 4.74 Å². The Kier molecular flexibility index (Phi) is 2.65. The maximum atomic E-state index is 14.3. The zero-order valence-electron chi connectivity index (χ0n) is 10.9. The Morgan fingerprint density at radius 1 is 1.40 bits per heavy atom. The summed E-state index contributed by atoms with van der Waals surface area (Å²) in [5.74, 6) is -0.222. The highest BCUT2D eigenvalue weighted by atomic mass is 19.1. The topological polar surface area (TPSA) is 47.3 Å². The van der Waals surface area contributed by atoms with Crippen molar-refractivity contribution in [1.82, 2.24) is 9.55 Å². The maximum absolute atomic E-state index is 14.3. The molecule has 2 unspecified atom stereocenters. The summed E-state index contributed by atoms with van der Waals surface area (Å²) in [6, 6.07) is 4.86. The molecule has 0 amide bonds. The first kappa shape index (κ1) is 12.1. The Morgan fingerprint density at radius 3 is 3.15 bits per heavy atom. The summed E-state index contributed by atoms with van der Waals surface area (Å²) in [4.78, 5) is 4.16. The minimum Gasteiger partial charge on any atom is -0.393 e. The average molecular weight is 274 g/mol. The third kappa shape index (κ3) is 1.63. The van der Waals surface area contributed by atoms with Gasteiger partial charge in [0.15, 0.2) is 0 Å². The first-order chi connectivity index (χ1) is 9.75. The van der Waals surface area contributed by atoms with Crippen LogP contribution in [0.3, 0.4) is 0 Å². The van der Waals surface area contributed by atoms with Crippen LogP contribution in [0, 0.1) is 5.82 Å². The van der Waals surface area contributed by atoms with Crippen LogP contribution in [-0.4, -0.2) is 33.5 Å². The molecule has 2 aliphatic rings. The van der Waals surface area contributed by atoms with Gasteiger partial charge in [-0.2, -0.15) is 0 Å². The Bertz CT molecular complexity index is 655. The molecule has 1 fully saturated rings. The van der Waals surface area contributed by atoms with Crippen LogP contribution in [0.2, 0.25) is 0 Å². The number of aliphatic hydroxyl groups excluding tert-OH is 1. The number of aromatic nitrogens is 2. The molecule has 104 valence electrons. The second-order valence-corrected chi connectivity index (χ2v) is 5.42. The highest BCUT2D eigenvalue weighted by Crippen LogP contribution is 2.44. The highest BCUT2D eigenvalue weighted by Gasteiger charge is 2.39. The van der Waals surface area contributed by atoms with E-state index in [1.165, 1.54) is 6.07 Å². The molecule has 1 N–H and O–H groups in total. The molecule has 2 aromatic rings. The van der Waals surface area contributed by atoms with E-state index in [0.717, 1.165) is 11.3 Å². The number of aliphatic hydroxyl groups is 1. The van der Waals surface area contributed by atoms with E-state index in [4.69, 9.17) is 4.74 Å². The SMILES string of the molecule is OC1CCOC([C@@H]2c3c(F)cccc3-c3cncn32)C1. The average Bonchev–Trinajstić information content (AvgIpc) is 3.00. The molecule has 20 heavy (non-hydrogen) atoms. The molecule has 5 heteroatoms. The van der Waals surface area contributed by atoms with Gasteiger partial charge in [0.1, 0.15) is 5.82 Å². The second kappa shape index (κ2) is 4.40. The van der Waals surface area contributed by atoms with Gasteiger partial charge in [0, 0.05) is 24.2 Å². The number of hydrogen-bond donors (Lipinski definition) is 1. The number of nitrogens with zero attached hydrogens (tertiary/aromatic N) is 2. The van der Waals surface area contributed by atoms with E-state index in [1.54, 1.807) is 18.6 Å². The van der Waals surface area contributed by atoms with E-state index in [1.807, 2.05) is 10.6 Å². The number of rotatable bonds is 1. The summed E-state index contributed by atoms with van der Waals surface area (Å²) in [7, 11) is 0. The van der Waals surface area contributed by atoms with Crippen LogP contribution in [0.5, 0.6) is 0 Å². The van der Waals surface area contributed by atoms with Crippen LogP contribution in [0.15, 0.2) is 30.7 Å². The van der Waals surface area contributed by atoms with Crippen LogP contribution < -0.4 is 0 Å². The molecule has 1 saturated heterocycles. The Balaban J connectivity index is 1.84. The molecule has 3 heterocycles. The number of imidazole rings is 1. The van der Waals surface area contributed by atoms with Gasteiger partial charge in [-0.05, 0) is 12.5 Å². The van der Waals surface area contributed by atoms with Crippen molar-refractivity contribution >= 4 is 0 Å². The minimum atomic E-state index is -0.378.